The zero-order valence-electron chi connectivity index (χ0n) is 9.15. The van der Waals surface area contributed by atoms with Crippen molar-refractivity contribution in [2.45, 2.75) is 0 Å². The molecule has 0 atom stereocenters. The summed E-state index contributed by atoms with van der Waals surface area (Å²) in [5.74, 6) is 0. The zero-order valence-corrected chi connectivity index (χ0v) is 17.3. The van der Waals surface area contributed by atoms with E-state index in [0.717, 1.165) is 0 Å². The fourth-order valence-electron chi connectivity index (χ4n) is 0.770. The SMILES string of the molecule is [Cl][Os][Cl].[Cl][Os][Cl].c1ccccc1.c1ccccc1. The molecule has 0 saturated heterocycles. The molecular formula is C12H12Cl4Os2. The van der Waals surface area contributed by atoms with Crippen LogP contribution >= 0.6 is 38.6 Å². The molecule has 0 aliphatic rings. The van der Waals surface area contributed by atoms with Crippen LogP contribution in [-0.2, 0) is 30.8 Å². The Kier molecular flexibility index (Phi) is 27.1. The van der Waals surface area contributed by atoms with E-state index in [-0.39, 0.29) is 0 Å². The van der Waals surface area contributed by atoms with E-state index in [1.165, 1.54) is 0 Å². The molecule has 104 valence electrons. The van der Waals surface area contributed by atoms with Crippen LogP contribution in [0.2, 0.25) is 0 Å². The molecular weight excluding hydrogens is 666 g/mol. The van der Waals surface area contributed by atoms with E-state index in [4.69, 9.17) is 38.6 Å². The first-order valence-electron chi connectivity index (χ1n) is 4.53. The topological polar surface area (TPSA) is 0 Å². The summed E-state index contributed by atoms with van der Waals surface area (Å²) < 4.78 is 0. The van der Waals surface area contributed by atoms with Gasteiger partial charge in [-0.15, -0.1) is 0 Å². The fourth-order valence-corrected chi connectivity index (χ4v) is 0.770. The second kappa shape index (κ2) is 23.0. The van der Waals surface area contributed by atoms with Crippen molar-refractivity contribution in [1.29, 1.82) is 0 Å². The smallest absolute Gasteiger partial charge is 0.0623 e. The molecule has 2 rings (SSSR count). The zero-order chi connectivity index (χ0) is 13.9. The third kappa shape index (κ3) is 25.7. The van der Waals surface area contributed by atoms with E-state index in [1.54, 1.807) is 0 Å². The summed E-state index contributed by atoms with van der Waals surface area (Å²) in [5, 5.41) is 0. The molecule has 0 bridgehead atoms. The molecule has 18 heavy (non-hydrogen) atoms. The number of hydrogen-bond donors (Lipinski definition) is 0. The predicted octanol–water partition coefficient (Wildman–Crippen LogP) is 6.13. The third-order valence-electron chi connectivity index (χ3n) is 1.33. The largest absolute Gasteiger partial charge is 0.0623 e. The average molecular weight is 678 g/mol. The minimum atomic E-state index is -0.639. The predicted molar refractivity (Wildman–Crippen MR) is 76.3 cm³/mol. The van der Waals surface area contributed by atoms with Crippen molar-refractivity contribution >= 4 is 38.6 Å². The fraction of sp³-hybridized carbons (Fsp3) is 0. The summed E-state index contributed by atoms with van der Waals surface area (Å²) in [6.45, 7) is 0. The molecule has 0 spiro atoms. The van der Waals surface area contributed by atoms with Gasteiger partial charge in [-0.2, -0.15) is 0 Å². The first kappa shape index (κ1) is 21.2. The Bertz CT molecular complexity index is 221. The summed E-state index contributed by atoms with van der Waals surface area (Å²) in [6.07, 6.45) is 0. The summed E-state index contributed by atoms with van der Waals surface area (Å²) in [5.41, 5.74) is 0. The molecule has 0 heterocycles. The van der Waals surface area contributed by atoms with E-state index < -0.39 is 30.8 Å². The van der Waals surface area contributed by atoms with Crippen LogP contribution in [0.15, 0.2) is 72.8 Å². The summed E-state index contributed by atoms with van der Waals surface area (Å²) in [4.78, 5) is 0. The van der Waals surface area contributed by atoms with Crippen LogP contribution in [0.4, 0.5) is 0 Å². The van der Waals surface area contributed by atoms with Crippen LogP contribution in [0.1, 0.15) is 0 Å². The van der Waals surface area contributed by atoms with Gasteiger partial charge in [-0.25, -0.2) is 0 Å². The van der Waals surface area contributed by atoms with Crippen molar-refractivity contribution in [2.24, 2.45) is 0 Å². The van der Waals surface area contributed by atoms with Gasteiger partial charge in [0.2, 0.25) is 0 Å². The molecule has 0 aliphatic heterocycles. The van der Waals surface area contributed by atoms with Crippen LogP contribution in [0.5, 0.6) is 0 Å². The third-order valence-corrected chi connectivity index (χ3v) is 1.33. The Balaban J connectivity index is 0. The first-order valence-corrected chi connectivity index (χ1v) is 17.1. The second-order valence-electron chi connectivity index (χ2n) is 2.41. The van der Waals surface area contributed by atoms with Gasteiger partial charge in [-0.3, -0.25) is 0 Å². The number of rotatable bonds is 0. The molecule has 6 heteroatoms. The summed E-state index contributed by atoms with van der Waals surface area (Å²) >= 11 is -1.28. The first-order chi connectivity index (χ1) is 8.83. The Hall–Kier alpha value is 0.873. The Morgan fingerprint density at radius 1 is 0.333 bits per heavy atom. The molecule has 0 aliphatic carbocycles. The van der Waals surface area contributed by atoms with Crippen LogP contribution < -0.4 is 0 Å². The van der Waals surface area contributed by atoms with Gasteiger partial charge in [0, 0.05) is 0 Å². The minimum Gasteiger partial charge on any atom is -0.0623 e. The molecule has 2 aromatic carbocycles. The van der Waals surface area contributed by atoms with Crippen LogP contribution in [0.25, 0.3) is 0 Å². The molecule has 0 fully saturated rings. The van der Waals surface area contributed by atoms with E-state index in [1.807, 2.05) is 72.8 Å². The molecule has 0 aromatic heterocycles. The van der Waals surface area contributed by atoms with E-state index in [2.05, 4.69) is 0 Å². The van der Waals surface area contributed by atoms with Gasteiger partial charge < -0.3 is 0 Å². The van der Waals surface area contributed by atoms with Crippen molar-refractivity contribution in [1.82, 2.24) is 0 Å². The second-order valence-corrected chi connectivity index (χ2v) is 9.75. The Labute approximate surface area is 141 Å². The molecule has 0 N–H and O–H groups in total. The molecule has 0 unspecified atom stereocenters. The number of benzene rings is 2. The van der Waals surface area contributed by atoms with E-state index in [0.29, 0.717) is 0 Å². The van der Waals surface area contributed by atoms with Gasteiger partial charge in [0.1, 0.15) is 0 Å². The van der Waals surface area contributed by atoms with Gasteiger partial charge in [-0.05, 0) is 0 Å². The Morgan fingerprint density at radius 3 is 0.444 bits per heavy atom. The number of halogens is 4. The van der Waals surface area contributed by atoms with Gasteiger partial charge in [0.05, 0.1) is 0 Å². The monoisotopic (exact) mass is 680 g/mol. The molecule has 0 radical (unpaired) electrons. The van der Waals surface area contributed by atoms with Crippen molar-refractivity contribution in [2.75, 3.05) is 0 Å². The summed E-state index contributed by atoms with van der Waals surface area (Å²) in [7, 11) is 19.6. The molecule has 0 amide bonds. The van der Waals surface area contributed by atoms with Gasteiger partial charge >= 0.3 is 69.4 Å². The molecule has 2 aromatic rings. The standard InChI is InChI=1S/2C6H6.4ClH.2Os/c2*1-2-4-6-5-3-1;;;;;;/h2*1-6H;4*1H;;/q;;;;;;2*+2/p-4. The minimum absolute atomic E-state index is 0.639. The van der Waals surface area contributed by atoms with Gasteiger partial charge in [-0.1, -0.05) is 72.8 Å². The van der Waals surface area contributed by atoms with Crippen molar-refractivity contribution in [3.8, 4) is 0 Å². The maximum Gasteiger partial charge on any atom is -0.0623 e. The maximum atomic E-state index is 4.90. The van der Waals surface area contributed by atoms with E-state index in [9.17, 15) is 0 Å². The Morgan fingerprint density at radius 2 is 0.389 bits per heavy atom. The maximum absolute atomic E-state index is 4.90. The normalized spacial score (nSPS) is 7.78. The van der Waals surface area contributed by atoms with E-state index >= 15 is 0 Å². The number of hydrogen-bond acceptors (Lipinski definition) is 0. The van der Waals surface area contributed by atoms with Gasteiger partial charge in [0.25, 0.3) is 0 Å². The molecule has 0 saturated carbocycles. The quantitative estimate of drug-likeness (QED) is 0.315. The van der Waals surface area contributed by atoms with Gasteiger partial charge in [0.15, 0.2) is 0 Å². The van der Waals surface area contributed by atoms with Crippen LogP contribution in [0.3, 0.4) is 0 Å². The van der Waals surface area contributed by atoms with Crippen LogP contribution in [0, 0.1) is 0 Å². The molecule has 0 nitrogen and oxygen atoms in total. The average Bonchev–Trinajstić information content (AvgIpc) is 2.45. The van der Waals surface area contributed by atoms with Crippen molar-refractivity contribution < 1.29 is 30.8 Å². The van der Waals surface area contributed by atoms with Crippen molar-refractivity contribution in [3.05, 3.63) is 72.8 Å². The van der Waals surface area contributed by atoms with Crippen LogP contribution in [-0.4, -0.2) is 0 Å². The summed E-state index contributed by atoms with van der Waals surface area (Å²) in [6, 6.07) is 24.0. The van der Waals surface area contributed by atoms with Crippen molar-refractivity contribution in [3.63, 3.8) is 0 Å².